The Hall–Kier alpha value is -1.01. The number of thiazole rings is 1. The van der Waals surface area contributed by atoms with Gasteiger partial charge in [0.15, 0.2) is 0 Å². The van der Waals surface area contributed by atoms with Crippen LogP contribution in [0.4, 0.5) is 5.82 Å². The number of aromatic nitrogens is 3. The highest BCUT2D eigenvalue weighted by atomic mass is 32.2. The number of nitrogen functional groups attached to an aromatic ring is 1. The van der Waals surface area contributed by atoms with E-state index in [9.17, 15) is 0 Å². The van der Waals surface area contributed by atoms with Crippen molar-refractivity contribution in [3.05, 3.63) is 17.6 Å². The lowest BCUT2D eigenvalue weighted by molar-refractivity contribution is 0.838. The molecular weight excluding hydrogens is 204 g/mol. The van der Waals surface area contributed by atoms with Gasteiger partial charge < -0.3 is 5.73 Å². The van der Waals surface area contributed by atoms with Crippen LogP contribution in [-0.2, 0) is 0 Å². The summed E-state index contributed by atoms with van der Waals surface area (Å²) < 4.78 is 1.65. The highest BCUT2D eigenvalue weighted by molar-refractivity contribution is 7.98. The molecule has 0 aliphatic heterocycles. The van der Waals surface area contributed by atoms with Crippen LogP contribution in [0.15, 0.2) is 22.7 Å². The van der Waals surface area contributed by atoms with Gasteiger partial charge in [-0.3, -0.25) is 0 Å². The largest absolute Gasteiger partial charge is 0.383 e. The van der Waals surface area contributed by atoms with E-state index in [1.54, 1.807) is 22.6 Å². The van der Waals surface area contributed by atoms with Gasteiger partial charge in [-0.1, -0.05) is 0 Å². The second-order valence-electron chi connectivity index (χ2n) is 2.34. The van der Waals surface area contributed by atoms with E-state index in [-0.39, 0.29) is 0 Å². The summed E-state index contributed by atoms with van der Waals surface area (Å²) in [6.07, 6.45) is 3.70. The van der Waals surface area contributed by atoms with Crippen molar-refractivity contribution in [2.75, 3.05) is 12.0 Å². The van der Waals surface area contributed by atoms with Crippen LogP contribution >= 0.6 is 23.1 Å². The molecule has 0 aliphatic carbocycles. The monoisotopic (exact) mass is 212 g/mol. The topological polar surface area (TPSA) is 56.7 Å². The molecule has 0 unspecified atom stereocenters. The van der Waals surface area contributed by atoms with Crippen LogP contribution in [-0.4, -0.2) is 21.0 Å². The summed E-state index contributed by atoms with van der Waals surface area (Å²) >= 11 is 3.08. The molecule has 0 radical (unpaired) electrons. The Bertz CT molecular complexity index is 393. The number of nitrogens with zero attached hydrogens (tertiary/aromatic N) is 3. The van der Waals surface area contributed by atoms with Crippen LogP contribution in [0.3, 0.4) is 0 Å². The minimum absolute atomic E-state index is 0.624. The first-order valence-corrected chi connectivity index (χ1v) is 5.71. The van der Waals surface area contributed by atoms with Gasteiger partial charge >= 0.3 is 0 Å². The maximum absolute atomic E-state index is 5.76. The van der Waals surface area contributed by atoms with Crippen molar-refractivity contribution < 1.29 is 0 Å². The van der Waals surface area contributed by atoms with Gasteiger partial charge in [-0.2, -0.15) is 9.78 Å². The molecule has 6 heteroatoms. The minimum Gasteiger partial charge on any atom is -0.383 e. The predicted octanol–water partition coefficient (Wildman–Crippen LogP) is 1.63. The average Bonchev–Trinajstić information content (AvgIpc) is 2.72. The molecule has 0 bridgehead atoms. The smallest absolute Gasteiger partial charge is 0.212 e. The van der Waals surface area contributed by atoms with Crippen LogP contribution in [0.5, 0.6) is 0 Å². The molecule has 0 saturated carbocycles. The lowest BCUT2D eigenvalue weighted by Crippen LogP contribution is -2.00. The number of anilines is 1. The number of rotatable bonds is 2. The molecule has 2 rings (SSSR count). The molecule has 2 N–H and O–H groups in total. The SMILES string of the molecule is CSc1cc(N)n(-c2nccs2)n1. The van der Waals surface area contributed by atoms with Crippen LogP contribution in [0, 0.1) is 0 Å². The van der Waals surface area contributed by atoms with Crippen molar-refractivity contribution in [1.29, 1.82) is 0 Å². The summed E-state index contributed by atoms with van der Waals surface area (Å²) in [5, 5.41) is 7.88. The Kier molecular flexibility index (Phi) is 2.24. The molecule has 13 heavy (non-hydrogen) atoms. The minimum atomic E-state index is 0.624. The third-order valence-corrected chi connectivity index (χ3v) is 2.89. The molecule has 0 amide bonds. The van der Waals surface area contributed by atoms with Crippen molar-refractivity contribution in [2.45, 2.75) is 5.03 Å². The molecule has 2 aromatic heterocycles. The average molecular weight is 212 g/mol. The molecule has 2 aromatic rings. The van der Waals surface area contributed by atoms with Gasteiger partial charge in [0, 0.05) is 17.6 Å². The van der Waals surface area contributed by atoms with E-state index in [1.165, 1.54) is 11.3 Å². The van der Waals surface area contributed by atoms with E-state index < -0.39 is 0 Å². The molecule has 4 nitrogen and oxygen atoms in total. The second kappa shape index (κ2) is 3.39. The first kappa shape index (κ1) is 8.58. The summed E-state index contributed by atoms with van der Waals surface area (Å²) in [6.45, 7) is 0. The van der Waals surface area contributed by atoms with Crippen molar-refractivity contribution in [1.82, 2.24) is 14.8 Å². The predicted molar refractivity (Wildman–Crippen MR) is 55.4 cm³/mol. The molecule has 0 spiro atoms. The van der Waals surface area contributed by atoms with Crippen molar-refractivity contribution in [3.8, 4) is 5.13 Å². The summed E-state index contributed by atoms with van der Waals surface area (Å²) in [7, 11) is 0. The van der Waals surface area contributed by atoms with Gasteiger partial charge in [0.05, 0.1) is 0 Å². The lowest BCUT2D eigenvalue weighted by Gasteiger charge is -1.95. The van der Waals surface area contributed by atoms with E-state index in [2.05, 4.69) is 10.1 Å². The van der Waals surface area contributed by atoms with E-state index >= 15 is 0 Å². The molecule has 0 atom stereocenters. The lowest BCUT2D eigenvalue weighted by atomic mass is 10.6. The Morgan fingerprint density at radius 1 is 1.62 bits per heavy atom. The van der Waals surface area contributed by atoms with Crippen molar-refractivity contribution in [2.24, 2.45) is 0 Å². The second-order valence-corrected chi connectivity index (χ2v) is 4.04. The Balaban J connectivity index is 2.46. The number of hydrogen-bond donors (Lipinski definition) is 1. The van der Waals surface area contributed by atoms with Gasteiger partial charge in [0.1, 0.15) is 10.8 Å². The fraction of sp³-hybridized carbons (Fsp3) is 0.143. The molecule has 68 valence electrons. The third-order valence-electron chi connectivity index (χ3n) is 1.52. The Morgan fingerprint density at radius 3 is 3.00 bits per heavy atom. The van der Waals surface area contributed by atoms with Crippen molar-refractivity contribution >= 4 is 28.9 Å². The van der Waals surface area contributed by atoms with E-state index in [0.717, 1.165) is 10.2 Å². The highest BCUT2D eigenvalue weighted by Crippen LogP contribution is 2.20. The maximum Gasteiger partial charge on any atom is 0.212 e. The molecule has 0 aromatic carbocycles. The van der Waals surface area contributed by atoms with Crippen molar-refractivity contribution in [3.63, 3.8) is 0 Å². The van der Waals surface area contributed by atoms with E-state index in [0.29, 0.717) is 5.82 Å². The number of hydrogen-bond acceptors (Lipinski definition) is 5. The van der Waals surface area contributed by atoms with Gasteiger partial charge in [-0.05, 0) is 6.26 Å². The van der Waals surface area contributed by atoms with E-state index in [1.807, 2.05) is 17.7 Å². The number of nitrogens with two attached hydrogens (primary N) is 1. The number of thioether (sulfide) groups is 1. The first-order chi connectivity index (χ1) is 6.31. The highest BCUT2D eigenvalue weighted by Gasteiger charge is 2.07. The standard InChI is InChI=1S/C7H8N4S2/c1-12-6-4-5(8)11(10-6)7-9-2-3-13-7/h2-4H,8H2,1H3. The fourth-order valence-corrected chi connectivity index (χ4v) is 1.96. The molecule has 0 aliphatic rings. The van der Waals surface area contributed by atoms with Gasteiger partial charge in [0.25, 0.3) is 0 Å². The van der Waals surface area contributed by atoms with Gasteiger partial charge in [-0.25, -0.2) is 4.98 Å². The zero-order valence-corrected chi connectivity index (χ0v) is 8.60. The zero-order chi connectivity index (χ0) is 9.26. The van der Waals surface area contributed by atoms with Crippen LogP contribution in [0.2, 0.25) is 0 Å². The van der Waals surface area contributed by atoms with Crippen LogP contribution < -0.4 is 5.73 Å². The maximum atomic E-state index is 5.76. The van der Waals surface area contributed by atoms with E-state index in [4.69, 9.17) is 5.73 Å². The molecule has 2 heterocycles. The fourth-order valence-electron chi connectivity index (χ4n) is 0.946. The molecule has 0 saturated heterocycles. The molecular formula is C7H8N4S2. The summed E-state index contributed by atoms with van der Waals surface area (Å²) in [5.74, 6) is 0.624. The first-order valence-electron chi connectivity index (χ1n) is 3.60. The van der Waals surface area contributed by atoms with Crippen LogP contribution in [0.25, 0.3) is 5.13 Å². The summed E-state index contributed by atoms with van der Waals surface area (Å²) in [5.41, 5.74) is 5.76. The van der Waals surface area contributed by atoms with Gasteiger partial charge in [0.2, 0.25) is 5.13 Å². The Morgan fingerprint density at radius 2 is 2.46 bits per heavy atom. The summed E-state index contributed by atoms with van der Waals surface area (Å²) in [4.78, 5) is 4.12. The Labute approximate surface area is 83.8 Å². The van der Waals surface area contributed by atoms with Gasteiger partial charge in [-0.15, -0.1) is 23.1 Å². The quantitative estimate of drug-likeness (QED) is 0.769. The van der Waals surface area contributed by atoms with Crippen LogP contribution in [0.1, 0.15) is 0 Å². The zero-order valence-electron chi connectivity index (χ0n) is 6.97. The summed E-state index contributed by atoms with van der Waals surface area (Å²) in [6, 6.07) is 1.84. The molecule has 0 fully saturated rings. The normalized spacial score (nSPS) is 10.5. The third kappa shape index (κ3) is 1.54.